The Morgan fingerprint density at radius 1 is 0.273 bits per heavy atom. The van der Waals surface area contributed by atoms with Gasteiger partial charge in [-0.1, -0.05) is 308 Å². The van der Waals surface area contributed by atoms with Crippen molar-refractivity contribution in [1.29, 1.82) is 0 Å². The zero-order valence-electron chi connectivity index (χ0n) is 57.3. The molecule has 0 aromatic heterocycles. The molecular weight excluding hydrogens is 1260 g/mol. The molecule has 1 aliphatic rings. The van der Waals surface area contributed by atoms with Crippen LogP contribution in [0, 0.1) is 0 Å². The number of halogens is 1. The number of hydrogen-bond donors (Lipinski definition) is 0. The maximum Gasteiger partial charge on any atom is 0.494 e. The third kappa shape index (κ3) is 11.2. The van der Waals surface area contributed by atoms with Gasteiger partial charge in [0, 0.05) is 4.47 Å². The summed E-state index contributed by atoms with van der Waals surface area (Å²) in [6, 6.07) is 103. The normalized spacial score (nSPS) is 14.0. The molecule has 1 fully saturated rings. The molecule has 1 heterocycles. The maximum atomic E-state index is 6.16. The van der Waals surface area contributed by atoms with Crippen LogP contribution in [0.5, 0.6) is 0 Å². The van der Waals surface area contributed by atoms with Crippen LogP contribution < -0.4 is 5.46 Å². The van der Waals surface area contributed by atoms with E-state index in [0.29, 0.717) is 0 Å². The van der Waals surface area contributed by atoms with Crippen molar-refractivity contribution in [3.8, 4) is 33.4 Å². The predicted molar refractivity (Wildman–Crippen MR) is 436 cm³/mol. The second-order valence-corrected chi connectivity index (χ2v) is 31.4. The van der Waals surface area contributed by atoms with Gasteiger partial charge in [0.25, 0.3) is 0 Å². The van der Waals surface area contributed by atoms with Crippen LogP contribution in [0.4, 0.5) is 0 Å². The van der Waals surface area contributed by atoms with Crippen LogP contribution >= 0.6 is 15.9 Å². The molecule has 19 rings (SSSR count). The van der Waals surface area contributed by atoms with Gasteiger partial charge in [0.1, 0.15) is 0 Å². The van der Waals surface area contributed by atoms with Gasteiger partial charge >= 0.3 is 7.12 Å². The van der Waals surface area contributed by atoms with Crippen molar-refractivity contribution < 1.29 is 9.31 Å². The molecule has 0 aliphatic carbocycles. The molecule has 0 saturated carbocycles. The van der Waals surface area contributed by atoms with E-state index in [1.54, 1.807) is 0 Å². The van der Waals surface area contributed by atoms with Crippen LogP contribution in [0.3, 0.4) is 0 Å². The predicted octanol–water partition coefficient (Wildman–Crippen LogP) is 27.1. The Kier molecular flexibility index (Phi) is 15.4. The van der Waals surface area contributed by atoms with Crippen LogP contribution in [0.15, 0.2) is 284 Å². The van der Waals surface area contributed by atoms with E-state index >= 15 is 0 Å². The van der Waals surface area contributed by atoms with E-state index in [9.17, 15) is 0 Å². The summed E-state index contributed by atoms with van der Waals surface area (Å²) in [7, 11) is -0.309. The first-order valence-electron chi connectivity index (χ1n) is 34.5. The highest BCUT2D eigenvalue weighted by Gasteiger charge is 2.51. The lowest BCUT2D eigenvalue weighted by atomic mass is 9.78. The van der Waals surface area contributed by atoms with Gasteiger partial charge in [-0.05, 0) is 254 Å². The average molecular weight is 1340 g/mol. The topological polar surface area (TPSA) is 18.5 Å². The summed E-state index contributed by atoms with van der Waals surface area (Å²) in [5.74, 6) is 0. The molecule has 0 radical (unpaired) electrons. The first kappa shape index (κ1) is 63.8. The molecule has 18 aromatic rings. The molecular formula is C95H80BBrO2. The first-order valence-corrected chi connectivity index (χ1v) is 35.3. The number of fused-ring (bicyclic) bond motifs is 8. The Bertz CT molecular complexity index is 6190. The molecule has 482 valence electrons. The van der Waals surface area contributed by atoms with Gasteiger partial charge in [-0.25, -0.2) is 0 Å². The van der Waals surface area contributed by atoms with E-state index in [0.717, 1.165) is 9.94 Å². The van der Waals surface area contributed by atoms with Crippen molar-refractivity contribution in [2.45, 2.75) is 98.7 Å². The third-order valence-electron chi connectivity index (χ3n) is 21.6. The van der Waals surface area contributed by atoms with Crippen molar-refractivity contribution in [2.75, 3.05) is 0 Å². The van der Waals surface area contributed by atoms with E-state index < -0.39 is 0 Å². The second kappa shape index (κ2) is 23.9. The molecule has 0 bridgehead atoms. The fourth-order valence-electron chi connectivity index (χ4n) is 15.3. The second-order valence-electron chi connectivity index (χ2n) is 30.4. The summed E-state index contributed by atoms with van der Waals surface area (Å²) < 4.78 is 13.4. The van der Waals surface area contributed by atoms with E-state index in [1.807, 2.05) is 0 Å². The van der Waals surface area contributed by atoms with Crippen LogP contribution in [0.2, 0.25) is 0 Å². The van der Waals surface area contributed by atoms with Crippen molar-refractivity contribution in [3.63, 3.8) is 0 Å². The molecule has 0 atom stereocenters. The fourth-order valence-corrected chi connectivity index (χ4v) is 15.7. The molecule has 1 saturated heterocycles. The highest BCUT2D eigenvalue weighted by Crippen LogP contribution is 2.45. The van der Waals surface area contributed by atoms with Crippen LogP contribution in [-0.2, 0) is 20.1 Å². The Hall–Kier alpha value is -9.94. The Balaban J connectivity index is 0.000000122. The van der Waals surface area contributed by atoms with Gasteiger partial charge in [-0.15, -0.1) is 0 Å². The first-order chi connectivity index (χ1) is 47.2. The standard InChI is InChI=1S/C44H32.C30H23Br.C20H21BO2.CH4/c1-44(2,3)37-25-35-15-9-28-16-19-40(41-21-18-36(26-37)42(35)43(28)41)34-14-12-30-22-29(10-11-31(30)23-34)32-17-20-39-33(24-32)13-8-27-6-4-5-7-38(27)39;1-30(2,3)24-15-22-7-4-18-9-12-26(27-13-10-23(16-24)28(22)29(18)27)21-6-5-20-17-25(31)11-8-19(20)14-21;1-19(2)20(3,4)23-21(22-19)16-11-12-18-15(13-16)10-9-14-7-5-6-8-17(14)18;/h4-26H,1-3H3;4-17H,1-3H3;5-13H,1-4H3;1H4. The van der Waals surface area contributed by atoms with Crippen LogP contribution in [0.1, 0.15) is 87.8 Å². The summed E-state index contributed by atoms with van der Waals surface area (Å²) in [4.78, 5) is 0. The van der Waals surface area contributed by atoms with Gasteiger partial charge < -0.3 is 9.31 Å². The summed E-state index contributed by atoms with van der Waals surface area (Å²) in [6.07, 6.45) is 0. The van der Waals surface area contributed by atoms with Gasteiger partial charge in [0.05, 0.1) is 11.2 Å². The molecule has 2 nitrogen and oxygen atoms in total. The van der Waals surface area contributed by atoms with Crippen molar-refractivity contribution >= 4 is 158 Å². The van der Waals surface area contributed by atoms with Crippen molar-refractivity contribution in [2.24, 2.45) is 0 Å². The minimum atomic E-state index is -0.310. The number of benzene rings is 18. The fraction of sp³-hybridized carbons (Fsp3) is 0.158. The SMILES string of the molecule is C.CC(C)(C)c1cc2ccc3ccc(-c4ccc5cc(-c6ccc7c(ccc8ccccc87)c6)ccc5c4)c4ccc(c1)c2c34.CC(C)(C)c1cc2ccc3ccc(-c4ccc5cc(Br)ccc5c4)c4ccc(c1)c2c34.CC1(C)OB(c2ccc3c(ccc4ccccc43)c2)OC1(C)C. The van der Waals surface area contributed by atoms with Gasteiger partial charge in [0.2, 0.25) is 0 Å². The van der Waals surface area contributed by atoms with Gasteiger partial charge in [0.15, 0.2) is 0 Å². The Labute approximate surface area is 589 Å². The van der Waals surface area contributed by atoms with Crippen LogP contribution in [-0.4, -0.2) is 18.3 Å². The molecule has 0 N–H and O–H groups in total. The Morgan fingerprint density at radius 3 is 1.08 bits per heavy atom. The smallest absolute Gasteiger partial charge is 0.399 e. The minimum absolute atomic E-state index is 0. The van der Waals surface area contributed by atoms with Crippen molar-refractivity contribution in [1.82, 2.24) is 0 Å². The lowest BCUT2D eigenvalue weighted by Crippen LogP contribution is -2.41. The lowest BCUT2D eigenvalue weighted by molar-refractivity contribution is 0.00578. The average Bonchev–Trinajstić information content (AvgIpc) is 1.40. The molecule has 18 aromatic carbocycles. The molecule has 0 spiro atoms. The van der Waals surface area contributed by atoms with E-state index in [1.165, 1.54) is 174 Å². The number of rotatable bonds is 4. The summed E-state index contributed by atoms with van der Waals surface area (Å²) >= 11 is 3.58. The molecule has 1 aliphatic heterocycles. The summed E-state index contributed by atoms with van der Waals surface area (Å²) in [5, 5.41) is 31.4. The third-order valence-corrected chi connectivity index (χ3v) is 22.1. The lowest BCUT2D eigenvalue weighted by Gasteiger charge is -2.32. The van der Waals surface area contributed by atoms with E-state index in [2.05, 4.69) is 364 Å². The molecule has 4 heteroatoms. The van der Waals surface area contributed by atoms with Gasteiger partial charge in [-0.3, -0.25) is 0 Å². The molecule has 99 heavy (non-hydrogen) atoms. The summed E-state index contributed by atoms with van der Waals surface area (Å²) in [6.45, 7) is 22.1. The minimum Gasteiger partial charge on any atom is -0.399 e. The molecule has 0 unspecified atom stereocenters. The van der Waals surface area contributed by atoms with E-state index in [4.69, 9.17) is 9.31 Å². The number of hydrogen-bond acceptors (Lipinski definition) is 2. The highest BCUT2D eigenvalue weighted by atomic mass is 79.9. The highest BCUT2D eigenvalue weighted by molar-refractivity contribution is 9.10. The Morgan fingerprint density at radius 2 is 0.596 bits per heavy atom. The quantitative estimate of drug-likeness (QED) is 0.129. The zero-order valence-corrected chi connectivity index (χ0v) is 58.9. The monoisotopic (exact) mass is 1340 g/mol. The van der Waals surface area contributed by atoms with E-state index in [-0.39, 0.29) is 36.6 Å². The van der Waals surface area contributed by atoms with Crippen LogP contribution in [0.25, 0.3) is 163 Å². The maximum absolute atomic E-state index is 6.16. The largest absolute Gasteiger partial charge is 0.494 e. The van der Waals surface area contributed by atoms with Gasteiger partial charge in [-0.2, -0.15) is 0 Å². The summed E-state index contributed by atoms with van der Waals surface area (Å²) in [5.41, 5.74) is 11.1. The van der Waals surface area contributed by atoms with Crippen molar-refractivity contribution in [3.05, 3.63) is 295 Å². The zero-order chi connectivity index (χ0) is 67.1. The molecule has 0 amide bonds.